The smallest absolute Gasteiger partial charge is 0.416 e. The topological polar surface area (TPSA) is 111 Å². The Labute approximate surface area is 277 Å². The van der Waals surface area contributed by atoms with Gasteiger partial charge in [0.25, 0.3) is 0 Å². The number of benzene rings is 3. The van der Waals surface area contributed by atoms with E-state index in [0.29, 0.717) is 12.7 Å². The Kier molecular flexibility index (Phi) is 12.5. The average molecular weight is 701 g/mol. The van der Waals surface area contributed by atoms with Crippen molar-refractivity contribution in [1.29, 1.82) is 0 Å². The maximum absolute atomic E-state index is 12.7. The van der Waals surface area contributed by atoms with Crippen molar-refractivity contribution in [3.05, 3.63) is 105 Å². The number of carboxylic acid groups (broad SMARTS) is 1. The molecule has 0 aliphatic carbocycles. The fraction of sp³-hybridized carbons (Fsp3) is 0.226. The molecule has 4 aromatic rings. The first-order valence-electron chi connectivity index (χ1n) is 13.3. The van der Waals surface area contributed by atoms with E-state index in [2.05, 4.69) is 5.10 Å². The molecule has 3 aromatic carbocycles. The quantitative estimate of drug-likeness (QED) is 0.139. The van der Waals surface area contributed by atoms with Crippen molar-refractivity contribution in [2.45, 2.75) is 39.7 Å². The Hall–Kier alpha value is -4.26. The second-order valence-corrected chi connectivity index (χ2v) is 10.7. The summed E-state index contributed by atoms with van der Waals surface area (Å²) in [5.41, 5.74) is 1.88. The monoisotopic (exact) mass is 699 g/mol. The van der Waals surface area contributed by atoms with Crippen LogP contribution in [-0.2, 0) is 27.2 Å². The fourth-order valence-corrected chi connectivity index (χ4v) is 4.55. The van der Waals surface area contributed by atoms with Crippen LogP contribution in [0.4, 0.5) is 18.9 Å². The molecule has 0 spiro atoms. The molecular formula is C31H27Cl3F3N3O6. The Morgan fingerprint density at radius 3 is 2.22 bits per heavy atom. The third-order valence-corrected chi connectivity index (χ3v) is 7.10. The lowest BCUT2D eigenvalue weighted by molar-refractivity contribution is -0.146. The number of carbonyl (C=O) groups excluding carboxylic acids is 2. The van der Waals surface area contributed by atoms with Crippen LogP contribution in [0.25, 0.3) is 0 Å². The summed E-state index contributed by atoms with van der Waals surface area (Å²) in [6.45, 7) is 5.50. The summed E-state index contributed by atoms with van der Waals surface area (Å²) in [6, 6.07) is 14.1. The number of alkyl halides is 4. The Morgan fingerprint density at radius 1 is 1.00 bits per heavy atom. The second-order valence-electron chi connectivity index (χ2n) is 9.66. The minimum atomic E-state index is -4.56. The van der Waals surface area contributed by atoms with Crippen LogP contribution in [0.3, 0.4) is 0 Å². The minimum Gasteiger partial charge on any atom is -0.479 e. The van der Waals surface area contributed by atoms with Gasteiger partial charge in [0.05, 0.1) is 26.9 Å². The molecule has 1 atom stereocenters. The van der Waals surface area contributed by atoms with Crippen molar-refractivity contribution in [2.24, 2.45) is 0 Å². The van der Waals surface area contributed by atoms with Gasteiger partial charge in [-0.05, 0) is 74.4 Å². The van der Waals surface area contributed by atoms with Gasteiger partial charge in [0.1, 0.15) is 24.0 Å². The van der Waals surface area contributed by atoms with Gasteiger partial charge in [0.15, 0.2) is 6.10 Å². The van der Waals surface area contributed by atoms with E-state index in [0.717, 1.165) is 41.9 Å². The summed E-state index contributed by atoms with van der Waals surface area (Å²) in [4.78, 5) is 36.6. The number of esters is 1. The number of aromatic nitrogens is 2. The van der Waals surface area contributed by atoms with Crippen LogP contribution in [0.2, 0.25) is 10.0 Å². The zero-order chi connectivity index (χ0) is 34.2. The normalized spacial score (nSPS) is 11.6. The standard InChI is InChI=1S/C17H11Cl2F3O5.C14H16ClN3O/c1-8(15(23)24)26-16(25)11-7-10(3-4-12(11)18)27-14-5-2-9(6-13(14)19)17(20,21)22;1-11-5-3-6-12(2)14(11)18(13(19)9-15)10-17-8-4-7-16-17/h2-8H,1H3,(H,23,24);3-8H,9-10H2,1-2H3/t8-;/m0./s1. The molecule has 15 heteroatoms. The van der Waals surface area contributed by atoms with Crippen LogP contribution in [0.15, 0.2) is 73.1 Å². The van der Waals surface area contributed by atoms with Gasteiger partial charge >= 0.3 is 18.1 Å². The number of nitrogens with zero attached hydrogens (tertiary/aromatic N) is 3. The summed E-state index contributed by atoms with van der Waals surface area (Å²) in [5, 5.41) is 12.6. The van der Waals surface area contributed by atoms with Gasteiger partial charge in [-0.2, -0.15) is 18.3 Å². The highest BCUT2D eigenvalue weighted by Crippen LogP contribution is 2.37. The first-order chi connectivity index (χ1) is 21.6. The van der Waals surface area contributed by atoms with E-state index in [4.69, 9.17) is 49.4 Å². The molecule has 0 unspecified atom stereocenters. The van der Waals surface area contributed by atoms with Crippen LogP contribution in [0.1, 0.15) is 34.0 Å². The highest BCUT2D eigenvalue weighted by atomic mass is 35.5. The summed E-state index contributed by atoms with van der Waals surface area (Å²) >= 11 is 17.4. The van der Waals surface area contributed by atoms with Gasteiger partial charge in [-0.25, -0.2) is 9.59 Å². The first-order valence-corrected chi connectivity index (χ1v) is 14.6. The minimum absolute atomic E-state index is 0.0246. The molecular weight excluding hydrogens is 674 g/mol. The van der Waals surface area contributed by atoms with Crippen molar-refractivity contribution >= 4 is 58.3 Å². The van der Waals surface area contributed by atoms with Gasteiger partial charge in [0.2, 0.25) is 5.91 Å². The predicted octanol–water partition coefficient (Wildman–Crippen LogP) is 8.16. The molecule has 0 radical (unpaired) electrons. The molecule has 4 rings (SSSR count). The summed E-state index contributed by atoms with van der Waals surface area (Å²) in [6.07, 6.45) is -2.45. The second kappa shape index (κ2) is 15.8. The lowest BCUT2D eigenvalue weighted by Gasteiger charge is -2.25. The van der Waals surface area contributed by atoms with E-state index in [9.17, 15) is 27.6 Å². The van der Waals surface area contributed by atoms with Gasteiger partial charge in [-0.3, -0.25) is 14.4 Å². The summed E-state index contributed by atoms with van der Waals surface area (Å²) in [7, 11) is 0. The molecule has 9 nitrogen and oxygen atoms in total. The molecule has 0 saturated heterocycles. The zero-order valence-corrected chi connectivity index (χ0v) is 26.8. The number of carboxylic acids is 1. The lowest BCUT2D eigenvalue weighted by atomic mass is 10.1. The summed E-state index contributed by atoms with van der Waals surface area (Å²) in [5.74, 6) is -2.56. The highest BCUT2D eigenvalue weighted by molar-refractivity contribution is 6.33. The van der Waals surface area contributed by atoms with Crippen LogP contribution >= 0.6 is 34.8 Å². The van der Waals surface area contributed by atoms with Crippen molar-refractivity contribution in [1.82, 2.24) is 9.78 Å². The molecule has 1 heterocycles. The van der Waals surface area contributed by atoms with Crippen LogP contribution in [0, 0.1) is 13.8 Å². The maximum atomic E-state index is 12.7. The van der Waals surface area contributed by atoms with Gasteiger partial charge < -0.3 is 14.6 Å². The van der Waals surface area contributed by atoms with Gasteiger partial charge in [-0.1, -0.05) is 41.4 Å². The number of aliphatic carboxylic acids is 1. The van der Waals surface area contributed by atoms with E-state index in [1.807, 2.05) is 44.3 Å². The molecule has 46 heavy (non-hydrogen) atoms. The van der Waals surface area contributed by atoms with Crippen molar-refractivity contribution in [2.75, 3.05) is 10.8 Å². The van der Waals surface area contributed by atoms with E-state index >= 15 is 0 Å². The average Bonchev–Trinajstić information content (AvgIpc) is 3.51. The zero-order valence-electron chi connectivity index (χ0n) is 24.5. The van der Waals surface area contributed by atoms with Crippen LogP contribution in [0.5, 0.6) is 11.5 Å². The number of hydrogen-bond donors (Lipinski definition) is 1. The number of para-hydroxylation sites is 1. The van der Waals surface area contributed by atoms with E-state index < -0.39 is 29.8 Å². The predicted molar refractivity (Wildman–Crippen MR) is 167 cm³/mol. The molecule has 1 aromatic heterocycles. The number of halogens is 6. The molecule has 1 amide bonds. The van der Waals surface area contributed by atoms with E-state index in [1.54, 1.807) is 15.8 Å². The fourth-order valence-electron chi connectivity index (χ4n) is 3.99. The molecule has 0 saturated carbocycles. The van der Waals surface area contributed by atoms with E-state index in [1.165, 1.54) is 12.1 Å². The number of hydrogen-bond acceptors (Lipinski definition) is 6. The molecule has 0 aliphatic rings. The molecule has 0 bridgehead atoms. The first kappa shape index (κ1) is 36.2. The number of anilines is 1. The molecule has 244 valence electrons. The number of amides is 1. The lowest BCUT2D eigenvalue weighted by Crippen LogP contribution is -2.35. The molecule has 0 fully saturated rings. The van der Waals surface area contributed by atoms with Crippen molar-refractivity contribution < 1.29 is 42.1 Å². The van der Waals surface area contributed by atoms with Crippen LogP contribution in [-0.4, -0.2) is 44.7 Å². The Balaban J connectivity index is 0.000000266. The third-order valence-electron chi connectivity index (χ3n) is 6.25. The maximum Gasteiger partial charge on any atom is 0.416 e. The van der Waals surface area contributed by atoms with Crippen molar-refractivity contribution in [3.63, 3.8) is 0 Å². The Bertz CT molecular complexity index is 1680. The number of rotatable bonds is 9. The summed E-state index contributed by atoms with van der Waals surface area (Å²) < 4.78 is 49.8. The third kappa shape index (κ3) is 9.62. The number of carbonyl (C=O) groups is 3. The van der Waals surface area contributed by atoms with Crippen molar-refractivity contribution in [3.8, 4) is 11.5 Å². The van der Waals surface area contributed by atoms with Gasteiger partial charge in [-0.15, -0.1) is 11.6 Å². The number of aryl methyl sites for hydroxylation is 2. The molecule has 0 aliphatic heterocycles. The largest absolute Gasteiger partial charge is 0.479 e. The molecule has 1 N–H and O–H groups in total. The van der Waals surface area contributed by atoms with E-state index in [-0.39, 0.29) is 38.9 Å². The van der Waals surface area contributed by atoms with Crippen LogP contribution < -0.4 is 9.64 Å². The Morgan fingerprint density at radius 2 is 1.67 bits per heavy atom. The number of ether oxygens (including phenoxy) is 2. The highest BCUT2D eigenvalue weighted by Gasteiger charge is 2.31. The van der Waals surface area contributed by atoms with Gasteiger partial charge in [0, 0.05) is 12.4 Å². The SMILES string of the molecule is C[C@H](OC(=O)c1cc(Oc2ccc(C(F)(F)F)cc2Cl)ccc1Cl)C(=O)O.Cc1cccc(C)c1N(Cn1cccn1)C(=O)CCl.